The third-order valence-corrected chi connectivity index (χ3v) is 4.76. The van der Waals surface area contributed by atoms with Crippen LogP contribution in [-0.2, 0) is 9.53 Å². The highest BCUT2D eigenvalue weighted by Gasteiger charge is 2.26. The van der Waals surface area contributed by atoms with E-state index < -0.39 is 5.97 Å². The van der Waals surface area contributed by atoms with E-state index in [4.69, 9.17) is 32.7 Å². The molecular formula is C21H13Cl2NO3. The lowest BCUT2D eigenvalue weighted by atomic mass is 10.0. The molecule has 6 heteroatoms. The Labute approximate surface area is 165 Å². The zero-order valence-corrected chi connectivity index (χ0v) is 15.7. The summed E-state index contributed by atoms with van der Waals surface area (Å²) in [4.78, 5) is 16.7. The Morgan fingerprint density at radius 3 is 2.67 bits per heavy atom. The van der Waals surface area contributed by atoms with Crippen LogP contribution < -0.4 is 4.74 Å². The Morgan fingerprint density at radius 1 is 1.07 bits per heavy atom. The van der Waals surface area contributed by atoms with Crippen molar-refractivity contribution < 1.29 is 14.3 Å². The maximum absolute atomic E-state index is 12.4. The number of aliphatic imine (C=N–C) groups is 1. The molecule has 0 saturated heterocycles. The minimum atomic E-state index is -0.550. The largest absolute Gasteiger partial charge is 0.496 e. The first-order valence-corrected chi connectivity index (χ1v) is 8.86. The summed E-state index contributed by atoms with van der Waals surface area (Å²) in [6.07, 6.45) is 1.67. The summed E-state index contributed by atoms with van der Waals surface area (Å²) in [5.74, 6) is 0.236. The molecular weight excluding hydrogens is 385 g/mol. The lowest BCUT2D eigenvalue weighted by molar-refractivity contribution is -0.129. The number of hydrogen-bond acceptors (Lipinski definition) is 4. The minimum Gasteiger partial charge on any atom is -0.496 e. The second kappa shape index (κ2) is 7.06. The molecule has 1 aliphatic rings. The van der Waals surface area contributed by atoms with Gasteiger partial charge in [0.1, 0.15) is 5.75 Å². The zero-order chi connectivity index (χ0) is 19.0. The van der Waals surface area contributed by atoms with Gasteiger partial charge in [-0.3, -0.25) is 0 Å². The van der Waals surface area contributed by atoms with E-state index in [2.05, 4.69) is 4.99 Å². The summed E-state index contributed by atoms with van der Waals surface area (Å²) in [6, 6.07) is 16.6. The lowest BCUT2D eigenvalue weighted by Gasteiger charge is -2.08. The molecule has 4 rings (SSSR count). The van der Waals surface area contributed by atoms with Crippen molar-refractivity contribution in [2.24, 2.45) is 4.99 Å². The molecule has 0 fully saturated rings. The van der Waals surface area contributed by atoms with Crippen LogP contribution in [0.3, 0.4) is 0 Å². The van der Waals surface area contributed by atoms with Crippen molar-refractivity contribution in [3.63, 3.8) is 0 Å². The Morgan fingerprint density at radius 2 is 1.89 bits per heavy atom. The SMILES string of the molecule is COc1ccc2ccccc2c1/C=C1\N=C(c2ccc(Cl)cc2Cl)OC1=O. The number of cyclic esters (lactones) is 1. The number of rotatable bonds is 3. The van der Waals surface area contributed by atoms with Gasteiger partial charge in [0.25, 0.3) is 0 Å². The lowest BCUT2D eigenvalue weighted by Crippen LogP contribution is -2.06. The molecule has 134 valence electrons. The quantitative estimate of drug-likeness (QED) is 0.432. The standard InChI is InChI=1S/C21H13Cl2NO3/c1-26-19-9-6-12-4-2-3-5-14(12)16(19)11-18-21(25)27-20(24-18)15-8-7-13(22)10-17(15)23/h2-11H,1H3/b18-11-. The molecule has 27 heavy (non-hydrogen) atoms. The molecule has 0 saturated carbocycles. The molecule has 0 N–H and O–H groups in total. The first-order chi connectivity index (χ1) is 13.1. The number of hydrogen-bond donors (Lipinski definition) is 0. The van der Waals surface area contributed by atoms with E-state index in [0.29, 0.717) is 21.4 Å². The van der Waals surface area contributed by atoms with Crippen LogP contribution in [0.4, 0.5) is 0 Å². The van der Waals surface area contributed by atoms with E-state index in [9.17, 15) is 4.79 Å². The van der Waals surface area contributed by atoms with E-state index in [1.807, 2.05) is 36.4 Å². The first-order valence-electron chi connectivity index (χ1n) is 8.10. The van der Waals surface area contributed by atoms with Gasteiger partial charge >= 0.3 is 5.97 Å². The van der Waals surface area contributed by atoms with Gasteiger partial charge < -0.3 is 9.47 Å². The van der Waals surface area contributed by atoms with E-state index in [-0.39, 0.29) is 11.6 Å². The number of benzene rings is 3. The third kappa shape index (κ3) is 3.29. The Balaban J connectivity index is 1.84. The normalized spacial score (nSPS) is 15.1. The van der Waals surface area contributed by atoms with Gasteiger partial charge in [-0.05, 0) is 41.1 Å². The number of carbonyl (C=O) groups is 1. The van der Waals surface area contributed by atoms with Crippen molar-refractivity contribution in [2.45, 2.75) is 0 Å². The smallest absolute Gasteiger partial charge is 0.363 e. The van der Waals surface area contributed by atoms with Crippen LogP contribution >= 0.6 is 23.2 Å². The van der Waals surface area contributed by atoms with Crippen molar-refractivity contribution in [1.29, 1.82) is 0 Å². The molecule has 0 spiro atoms. The topological polar surface area (TPSA) is 47.9 Å². The molecule has 4 nitrogen and oxygen atoms in total. The predicted octanol–water partition coefficient (Wildman–Crippen LogP) is 5.50. The van der Waals surface area contributed by atoms with Crippen molar-refractivity contribution >= 4 is 51.9 Å². The summed E-state index contributed by atoms with van der Waals surface area (Å²) >= 11 is 12.1. The summed E-state index contributed by atoms with van der Waals surface area (Å²) < 4.78 is 10.8. The minimum absolute atomic E-state index is 0.145. The molecule has 3 aromatic carbocycles. The molecule has 0 aromatic heterocycles. The Bertz CT molecular complexity index is 1140. The van der Waals surface area contributed by atoms with Gasteiger partial charge in [0, 0.05) is 10.6 Å². The van der Waals surface area contributed by atoms with Gasteiger partial charge in [0.05, 0.1) is 17.7 Å². The highest BCUT2D eigenvalue weighted by atomic mass is 35.5. The molecule has 3 aromatic rings. The third-order valence-electron chi connectivity index (χ3n) is 4.21. The molecule has 0 radical (unpaired) electrons. The van der Waals surface area contributed by atoms with Crippen LogP contribution in [0, 0.1) is 0 Å². The van der Waals surface area contributed by atoms with E-state index in [1.165, 1.54) is 0 Å². The number of carbonyl (C=O) groups excluding carboxylic acids is 1. The van der Waals surface area contributed by atoms with Crippen molar-refractivity contribution in [2.75, 3.05) is 7.11 Å². The van der Waals surface area contributed by atoms with Crippen molar-refractivity contribution in [1.82, 2.24) is 0 Å². The van der Waals surface area contributed by atoms with Gasteiger partial charge in [0.15, 0.2) is 5.70 Å². The molecule has 0 bridgehead atoms. The van der Waals surface area contributed by atoms with Crippen LogP contribution in [0.15, 0.2) is 65.3 Å². The average molecular weight is 398 g/mol. The number of esters is 1. The van der Waals surface area contributed by atoms with Gasteiger partial charge in [0.2, 0.25) is 5.90 Å². The molecule has 0 aliphatic carbocycles. The maximum atomic E-state index is 12.4. The van der Waals surface area contributed by atoms with E-state index in [0.717, 1.165) is 16.3 Å². The van der Waals surface area contributed by atoms with Crippen LogP contribution in [0.5, 0.6) is 5.75 Å². The first kappa shape index (κ1) is 17.6. The fourth-order valence-electron chi connectivity index (χ4n) is 2.93. The monoisotopic (exact) mass is 397 g/mol. The number of halogens is 2. The number of methoxy groups -OCH3 is 1. The second-order valence-electron chi connectivity index (χ2n) is 5.86. The van der Waals surface area contributed by atoms with Gasteiger partial charge in [-0.15, -0.1) is 0 Å². The fraction of sp³-hybridized carbons (Fsp3) is 0.0476. The van der Waals surface area contributed by atoms with Crippen LogP contribution in [0.2, 0.25) is 10.0 Å². The molecule has 1 heterocycles. The number of ether oxygens (including phenoxy) is 2. The van der Waals surface area contributed by atoms with E-state index >= 15 is 0 Å². The molecule has 0 amide bonds. The maximum Gasteiger partial charge on any atom is 0.363 e. The summed E-state index contributed by atoms with van der Waals surface area (Å²) in [5, 5.41) is 2.83. The highest BCUT2D eigenvalue weighted by Crippen LogP contribution is 2.32. The summed E-state index contributed by atoms with van der Waals surface area (Å²) in [6.45, 7) is 0. The van der Waals surface area contributed by atoms with Crippen LogP contribution in [0.25, 0.3) is 16.8 Å². The number of fused-ring (bicyclic) bond motifs is 1. The Hall–Kier alpha value is -2.82. The van der Waals surface area contributed by atoms with E-state index in [1.54, 1.807) is 31.4 Å². The van der Waals surface area contributed by atoms with Gasteiger partial charge in [-0.1, -0.05) is 53.5 Å². The van der Waals surface area contributed by atoms with Gasteiger partial charge in [-0.2, -0.15) is 0 Å². The summed E-state index contributed by atoms with van der Waals surface area (Å²) in [5.41, 5.74) is 1.43. The average Bonchev–Trinajstić information content (AvgIpc) is 3.02. The van der Waals surface area contributed by atoms with Crippen LogP contribution in [-0.4, -0.2) is 19.0 Å². The summed E-state index contributed by atoms with van der Waals surface area (Å²) in [7, 11) is 1.58. The predicted molar refractivity (Wildman–Crippen MR) is 108 cm³/mol. The highest BCUT2D eigenvalue weighted by molar-refractivity contribution is 6.37. The zero-order valence-electron chi connectivity index (χ0n) is 14.2. The van der Waals surface area contributed by atoms with Crippen LogP contribution in [0.1, 0.15) is 11.1 Å². The number of nitrogens with zero attached hydrogens (tertiary/aromatic N) is 1. The molecule has 0 atom stereocenters. The fourth-order valence-corrected chi connectivity index (χ4v) is 3.42. The molecule has 1 aliphatic heterocycles. The molecule has 0 unspecified atom stereocenters. The van der Waals surface area contributed by atoms with Gasteiger partial charge in [-0.25, -0.2) is 9.79 Å². The Kier molecular flexibility index (Phi) is 4.60. The van der Waals surface area contributed by atoms with Crippen molar-refractivity contribution in [3.8, 4) is 5.75 Å². The second-order valence-corrected chi connectivity index (χ2v) is 6.71. The van der Waals surface area contributed by atoms with Crippen molar-refractivity contribution in [3.05, 3.63) is 81.5 Å².